The van der Waals surface area contributed by atoms with Gasteiger partial charge >= 0.3 is 0 Å². The molecule has 0 N–H and O–H groups in total. The van der Waals surface area contributed by atoms with Gasteiger partial charge in [0.15, 0.2) is 5.76 Å². The van der Waals surface area contributed by atoms with Gasteiger partial charge in [0.25, 0.3) is 5.88 Å². The fourth-order valence-electron chi connectivity index (χ4n) is 8.41. The molecule has 8 nitrogen and oxygen atoms in total. The number of benzene rings is 2. The number of aryl methyl sites for hydroxylation is 1. The van der Waals surface area contributed by atoms with Crippen LogP contribution in [0, 0.1) is 13.8 Å². The standard InChI is InChI=1S/C35H43N5O3/c1-24-32(43-37-34(24)42-3)23-33(41)38-18-15-35(16-19-38,26-9-5-4-6-10-26)17-20-39-27-13-14-28(39)22-29(21-27)40-25(2)36-30-11-7-8-12-31(30)40/h4-12,27-29H,13-23H2,1-3H3/t27-,28+,29?. The van der Waals surface area contributed by atoms with Crippen LogP contribution in [-0.2, 0) is 16.6 Å². The smallest absolute Gasteiger partial charge is 0.257 e. The first-order valence-corrected chi connectivity index (χ1v) is 16.0. The maximum absolute atomic E-state index is 13.3. The van der Waals surface area contributed by atoms with Gasteiger partial charge in [-0.1, -0.05) is 42.5 Å². The monoisotopic (exact) mass is 581 g/mol. The summed E-state index contributed by atoms with van der Waals surface area (Å²) in [6.45, 7) is 6.70. The second-order valence-corrected chi connectivity index (χ2v) is 13.0. The van der Waals surface area contributed by atoms with E-state index in [1.54, 1.807) is 7.11 Å². The van der Waals surface area contributed by atoms with Crippen LogP contribution >= 0.6 is 0 Å². The number of ether oxygens (including phenoxy) is 1. The number of imidazole rings is 1. The van der Waals surface area contributed by atoms with Gasteiger partial charge in [0.2, 0.25) is 5.91 Å². The maximum atomic E-state index is 13.3. The SMILES string of the molecule is COc1noc(CC(=O)N2CCC(CCN3[C@@H]4CC[C@H]3CC(n3c(C)nc5ccccc53)C4)(c3ccccc3)CC2)c1C. The summed E-state index contributed by atoms with van der Waals surface area (Å²) in [5, 5.41) is 3.94. The zero-order valence-corrected chi connectivity index (χ0v) is 25.7. The third-order valence-corrected chi connectivity index (χ3v) is 10.8. The minimum absolute atomic E-state index is 0.0802. The van der Waals surface area contributed by atoms with E-state index in [1.807, 2.05) is 11.8 Å². The molecule has 1 unspecified atom stereocenters. The van der Waals surface area contributed by atoms with E-state index < -0.39 is 0 Å². The first-order valence-electron chi connectivity index (χ1n) is 16.0. The Morgan fingerprint density at radius 2 is 1.67 bits per heavy atom. The van der Waals surface area contributed by atoms with Gasteiger partial charge in [-0.25, -0.2) is 4.98 Å². The zero-order chi connectivity index (χ0) is 29.6. The van der Waals surface area contributed by atoms with Crippen molar-refractivity contribution in [1.82, 2.24) is 24.5 Å². The van der Waals surface area contributed by atoms with Crippen LogP contribution in [0.2, 0.25) is 0 Å². The Balaban J connectivity index is 1.03. The van der Waals surface area contributed by atoms with Crippen molar-refractivity contribution in [1.29, 1.82) is 0 Å². The summed E-state index contributed by atoms with van der Waals surface area (Å²) in [4.78, 5) is 23.0. The molecule has 3 atom stereocenters. The van der Waals surface area contributed by atoms with Crippen molar-refractivity contribution in [3.63, 3.8) is 0 Å². The molecule has 3 aliphatic heterocycles. The number of carbonyl (C=O) groups excluding carboxylic acids is 1. The molecule has 226 valence electrons. The van der Waals surface area contributed by atoms with E-state index in [0.29, 0.717) is 29.8 Å². The first-order chi connectivity index (χ1) is 21.0. The topological polar surface area (TPSA) is 76.6 Å². The Kier molecular flexibility index (Phi) is 7.49. The van der Waals surface area contributed by atoms with Crippen LogP contribution in [-0.4, -0.2) is 69.2 Å². The summed E-state index contributed by atoms with van der Waals surface area (Å²) in [6, 6.07) is 21.4. The van der Waals surface area contributed by atoms with Gasteiger partial charge in [-0.15, -0.1) is 0 Å². The van der Waals surface area contributed by atoms with E-state index in [0.717, 1.165) is 55.8 Å². The molecule has 0 aliphatic carbocycles. The number of fused-ring (bicyclic) bond motifs is 3. The number of piperidine rings is 2. The Morgan fingerprint density at radius 1 is 0.977 bits per heavy atom. The molecular weight excluding hydrogens is 538 g/mol. The van der Waals surface area contributed by atoms with Crippen LogP contribution in [0.4, 0.5) is 0 Å². The van der Waals surface area contributed by atoms with Crippen molar-refractivity contribution < 1.29 is 14.1 Å². The summed E-state index contributed by atoms with van der Waals surface area (Å²) in [5.74, 6) is 2.29. The van der Waals surface area contributed by atoms with Crippen molar-refractivity contribution in [2.75, 3.05) is 26.7 Å². The predicted molar refractivity (Wildman–Crippen MR) is 166 cm³/mol. The number of amides is 1. The lowest BCUT2D eigenvalue weighted by Gasteiger charge is -2.45. The third kappa shape index (κ3) is 5.13. The maximum Gasteiger partial charge on any atom is 0.257 e. The summed E-state index contributed by atoms with van der Waals surface area (Å²) in [6.07, 6.45) is 8.29. The Bertz CT molecular complexity index is 1570. The molecule has 43 heavy (non-hydrogen) atoms. The lowest BCUT2D eigenvalue weighted by atomic mass is 9.70. The van der Waals surface area contributed by atoms with Gasteiger partial charge in [0.1, 0.15) is 5.82 Å². The third-order valence-electron chi connectivity index (χ3n) is 10.8. The summed E-state index contributed by atoms with van der Waals surface area (Å²) in [7, 11) is 1.57. The summed E-state index contributed by atoms with van der Waals surface area (Å²) in [5.41, 5.74) is 4.69. The van der Waals surface area contributed by atoms with E-state index >= 15 is 0 Å². The second kappa shape index (κ2) is 11.5. The molecule has 4 aromatic rings. The van der Waals surface area contributed by atoms with Gasteiger partial charge in [-0.3, -0.25) is 9.69 Å². The largest absolute Gasteiger partial charge is 0.479 e. The quantitative estimate of drug-likeness (QED) is 0.254. The van der Waals surface area contributed by atoms with E-state index in [9.17, 15) is 4.79 Å². The van der Waals surface area contributed by atoms with Crippen molar-refractivity contribution in [3.8, 4) is 5.88 Å². The number of methoxy groups -OCH3 is 1. The molecule has 5 heterocycles. The highest BCUT2D eigenvalue weighted by molar-refractivity contribution is 5.79. The van der Waals surface area contributed by atoms with Crippen LogP contribution in [0.5, 0.6) is 5.88 Å². The number of likely N-dealkylation sites (tertiary alicyclic amines) is 1. The molecule has 3 saturated heterocycles. The van der Waals surface area contributed by atoms with Crippen molar-refractivity contribution >= 4 is 16.9 Å². The Morgan fingerprint density at radius 3 is 2.37 bits per heavy atom. The van der Waals surface area contributed by atoms with Crippen molar-refractivity contribution in [3.05, 3.63) is 77.3 Å². The molecule has 0 spiro atoms. The normalized spacial score (nSPS) is 23.6. The van der Waals surface area contributed by atoms with Crippen molar-refractivity contribution in [2.45, 2.75) is 88.8 Å². The molecule has 2 aromatic carbocycles. The lowest BCUT2D eigenvalue weighted by Crippen LogP contribution is -2.49. The van der Waals surface area contributed by atoms with E-state index in [4.69, 9.17) is 14.2 Å². The lowest BCUT2D eigenvalue weighted by molar-refractivity contribution is -0.132. The van der Waals surface area contributed by atoms with Gasteiger partial charge < -0.3 is 18.7 Å². The molecule has 7 rings (SSSR count). The second-order valence-electron chi connectivity index (χ2n) is 13.0. The van der Waals surface area contributed by atoms with Gasteiger partial charge in [-0.2, -0.15) is 0 Å². The van der Waals surface area contributed by atoms with E-state index in [1.165, 1.54) is 36.8 Å². The van der Waals surface area contributed by atoms with Gasteiger partial charge in [0.05, 0.1) is 30.1 Å². The number of hydrogen-bond donors (Lipinski definition) is 0. The number of para-hydroxylation sites is 2. The summed E-state index contributed by atoms with van der Waals surface area (Å²) < 4.78 is 13.2. The molecule has 2 bridgehead atoms. The van der Waals surface area contributed by atoms with E-state index in [2.05, 4.69) is 76.1 Å². The van der Waals surface area contributed by atoms with Crippen molar-refractivity contribution in [2.24, 2.45) is 0 Å². The van der Waals surface area contributed by atoms with E-state index in [-0.39, 0.29) is 17.7 Å². The number of rotatable bonds is 8. The average molecular weight is 582 g/mol. The number of carbonyl (C=O) groups is 1. The highest BCUT2D eigenvalue weighted by Gasteiger charge is 2.44. The highest BCUT2D eigenvalue weighted by Crippen LogP contribution is 2.45. The minimum atomic E-state index is 0.0802. The molecule has 0 radical (unpaired) electrons. The molecular formula is C35H43N5O3. The molecule has 3 fully saturated rings. The first kappa shape index (κ1) is 28.1. The molecule has 3 aliphatic rings. The average Bonchev–Trinajstić information content (AvgIpc) is 3.64. The fraction of sp³-hybridized carbons (Fsp3) is 0.514. The minimum Gasteiger partial charge on any atom is -0.479 e. The number of nitrogens with zero attached hydrogens (tertiary/aromatic N) is 5. The number of hydrogen-bond acceptors (Lipinski definition) is 6. The Labute approximate surface area is 254 Å². The van der Waals surface area contributed by atoms with Crippen LogP contribution in [0.25, 0.3) is 11.0 Å². The molecule has 8 heteroatoms. The number of aromatic nitrogens is 3. The van der Waals surface area contributed by atoms with Gasteiger partial charge in [0, 0.05) is 31.2 Å². The molecule has 1 amide bonds. The van der Waals surface area contributed by atoms with Gasteiger partial charge in [-0.05, 0) is 93.6 Å². The van der Waals surface area contributed by atoms with Crippen LogP contribution in [0.15, 0.2) is 59.1 Å². The summed E-state index contributed by atoms with van der Waals surface area (Å²) >= 11 is 0. The van der Waals surface area contributed by atoms with Crippen LogP contribution in [0.3, 0.4) is 0 Å². The predicted octanol–water partition coefficient (Wildman–Crippen LogP) is 6.01. The highest BCUT2D eigenvalue weighted by atomic mass is 16.5. The fourth-order valence-corrected chi connectivity index (χ4v) is 8.41. The molecule has 2 aromatic heterocycles. The van der Waals surface area contributed by atoms with Crippen LogP contribution < -0.4 is 4.74 Å². The Hall–Kier alpha value is -3.65. The van der Waals surface area contributed by atoms with Crippen LogP contribution in [0.1, 0.15) is 73.7 Å². The zero-order valence-electron chi connectivity index (χ0n) is 25.7. The molecule has 0 saturated carbocycles.